The van der Waals surface area contributed by atoms with Gasteiger partial charge in [0.2, 0.25) is 0 Å². The first-order valence-corrected chi connectivity index (χ1v) is 15.7. The summed E-state index contributed by atoms with van der Waals surface area (Å²) in [7, 11) is 6.69. The Labute approximate surface area is 266 Å². The summed E-state index contributed by atoms with van der Waals surface area (Å²) in [5, 5.41) is 4.94. The first kappa shape index (κ1) is 27.3. The topological polar surface area (TPSA) is 17.8 Å². The maximum Gasteiger partial charge on any atom is 0.0994 e. The van der Waals surface area contributed by atoms with Crippen molar-refractivity contribution < 1.29 is 0 Å². The van der Waals surface area contributed by atoms with Crippen LogP contribution in [0.2, 0.25) is 0 Å². The number of hydrogen-bond donors (Lipinski definition) is 0. The van der Waals surface area contributed by atoms with Crippen LogP contribution in [0.5, 0.6) is 0 Å². The zero-order valence-electron chi connectivity index (χ0n) is 25.8. The molecule has 0 spiro atoms. The second-order valence-electron chi connectivity index (χ2n) is 12.8. The van der Waals surface area contributed by atoms with E-state index in [1.807, 2.05) is 0 Å². The number of nitrogens with zero attached hydrogens (tertiary/aromatic N) is 2. The smallest absolute Gasteiger partial charge is 0.0994 e. The third-order valence-corrected chi connectivity index (χ3v) is 8.84. The fourth-order valence-electron chi connectivity index (χ4n) is 6.80. The van der Waals surface area contributed by atoms with Gasteiger partial charge in [0.25, 0.3) is 0 Å². The molecule has 0 aliphatic carbocycles. The maximum absolute atomic E-state index is 5.05. The lowest BCUT2D eigenvalue weighted by Gasteiger charge is -2.21. The molecule has 8 aromatic rings. The normalized spacial score (nSPS) is 11.8. The molecular weight excluding hydrogens is 541 g/mol. The van der Waals surface area contributed by atoms with E-state index in [-0.39, 0.29) is 5.11 Å². The first-order chi connectivity index (χ1) is 22.0. The third-order valence-electron chi connectivity index (χ3n) is 8.84. The molecule has 0 saturated heterocycles. The van der Waals surface area contributed by atoms with Gasteiger partial charge in [-0.3, -0.25) is 4.57 Å². The van der Waals surface area contributed by atoms with Crippen LogP contribution in [0.3, 0.4) is 0 Å². The quantitative estimate of drug-likeness (QED) is 0.156. The highest BCUT2D eigenvalue weighted by Crippen LogP contribution is 2.44. The monoisotopic (exact) mass is 572 g/mol. The lowest BCUT2D eigenvalue weighted by molar-refractivity contribution is 0.929. The fourth-order valence-corrected chi connectivity index (χ4v) is 6.80. The molecule has 0 fully saturated rings. The third kappa shape index (κ3) is 4.67. The number of fused-ring (bicyclic) bond motifs is 3. The van der Waals surface area contributed by atoms with E-state index >= 15 is 0 Å². The summed E-state index contributed by atoms with van der Waals surface area (Å²) in [6.45, 7) is 0. The van der Waals surface area contributed by atoms with Crippen LogP contribution in [-0.2, 0) is 5.11 Å². The zero-order valence-corrected chi connectivity index (χ0v) is 25.8. The summed E-state index contributed by atoms with van der Waals surface area (Å²) in [6.07, 6.45) is 0. The minimum absolute atomic E-state index is 0.0995. The van der Waals surface area contributed by atoms with E-state index in [1.165, 1.54) is 54.9 Å². The summed E-state index contributed by atoms with van der Waals surface area (Å²) in [5.41, 5.74) is 10.7. The molecule has 0 aliphatic heterocycles. The molecule has 0 saturated carbocycles. The summed E-state index contributed by atoms with van der Waals surface area (Å²) >= 11 is 0. The molecule has 5 heteroatoms. The van der Waals surface area contributed by atoms with E-state index in [0.29, 0.717) is 0 Å². The number of rotatable bonds is 5. The Morgan fingerprint density at radius 1 is 0.444 bits per heavy atom. The molecule has 0 aliphatic rings. The minimum Gasteiger partial charge on any atom is -0.298 e. The summed E-state index contributed by atoms with van der Waals surface area (Å²) < 4.78 is 2.32. The predicted molar refractivity (Wildman–Crippen MR) is 200 cm³/mol. The van der Waals surface area contributed by atoms with Crippen LogP contribution in [0.15, 0.2) is 152 Å². The van der Waals surface area contributed by atoms with Crippen LogP contribution in [0.1, 0.15) is 5.82 Å². The van der Waals surface area contributed by atoms with Crippen molar-refractivity contribution >= 4 is 56.1 Å². The second kappa shape index (κ2) is 10.7. The lowest BCUT2D eigenvalue weighted by atomic mass is 9.42. The molecule has 210 valence electrons. The molecule has 2 nitrogen and oxygen atoms in total. The average molecular weight is 572 g/mol. The van der Waals surface area contributed by atoms with Crippen molar-refractivity contribution in [3.8, 4) is 39.1 Å². The largest absolute Gasteiger partial charge is 0.298 e. The highest BCUT2D eigenvalue weighted by atomic mass is 15.1. The van der Waals surface area contributed by atoms with Crippen molar-refractivity contribution in [2.24, 2.45) is 0 Å². The SMILES string of the molecule is BC(B)(B)c1nc2ccccc2n1-c1ccc(-c2c3ccccc3c(-c3cccc(-c4ccccc4)c3)c3ccccc23)cc1. The van der Waals surface area contributed by atoms with Crippen molar-refractivity contribution in [2.45, 2.75) is 5.11 Å². The fraction of sp³-hybridized carbons (Fsp3) is 0.0250. The Hall–Kier alpha value is -5.28. The lowest BCUT2D eigenvalue weighted by Crippen LogP contribution is -2.31. The van der Waals surface area contributed by atoms with Gasteiger partial charge in [0.05, 0.1) is 40.4 Å². The molecule has 1 aromatic heterocycles. The Morgan fingerprint density at radius 2 is 0.956 bits per heavy atom. The van der Waals surface area contributed by atoms with Gasteiger partial charge in [0.15, 0.2) is 0 Å². The van der Waals surface area contributed by atoms with Gasteiger partial charge in [-0.1, -0.05) is 126 Å². The zero-order chi connectivity index (χ0) is 30.5. The highest BCUT2D eigenvalue weighted by Gasteiger charge is 2.24. The maximum atomic E-state index is 5.05. The number of benzene rings is 7. The summed E-state index contributed by atoms with van der Waals surface area (Å²) in [4.78, 5) is 5.05. The minimum atomic E-state index is -0.0995. The number of imidazole rings is 1. The standard InChI is InChI=1S/C40H31B3N2/c41-40(42,43)39-44-35-19-8-9-20-36(35)45(39)30-23-21-27(22-24-30)37-31-15-4-6-17-33(31)38(34-18-7-5-16-32(34)37)29-14-10-13-28(25-29)26-11-2-1-3-12-26/h1-25H,41-43H2. The molecular formula is C40H31B3N2. The number of aromatic nitrogens is 2. The van der Waals surface area contributed by atoms with Gasteiger partial charge >= 0.3 is 0 Å². The Bertz CT molecular complexity index is 2290. The molecule has 7 aromatic carbocycles. The van der Waals surface area contributed by atoms with E-state index in [1.54, 1.807) is 0 Å². The Morgan fingerprint density at radius 3 is 1.58 bits per heavy atom. The van der Waals surface area contributed by atoms with Gasteiger partial charge in [0, 0.05) is 5.69 Å². The highest BCUT2D eigenvalue weighted by molar-refractivity contribution is 6.58. The first-order valence-electron chi connectivity index (χ1n) is 15.7. The van der Waals surface area contributed by atoms with Crippen molar-refractivity contribution in [3.63, 3.8) is 0 Å². The number of para-hydroxylation sites is 2. The van der Waals surface area contributed by atoms with Crippen LogP contribution >= 0.6 is 0 Å². The molecule has 0 unspecified atom stereocenters. The molecule has 0 amide bonds. The Balaban J connectivity index is 1.33. The van der Waals surface area contributed by atoms with Gasteiger partial charge in [-0.25, -0.2) is 4.98 Å². The number of hydrogen-bond acceptors (Lipinski definition) is 1. The van der Waals surface area contributed by atoms with Crippen LogP contribution in [0, 0.1) is 0 Å². The van der Waals surface area contributed by atoms with Gasteiger partial charge in [-0.15, -0.1) is 0 Å². The Kier molecular flexibility index (Phi) is 6.50. The van der Waals surface area contributed by atoms with E-state index < -0.39 is 0 Å². The molecule has 0 N–H and O–H groups in total. The van der Waals surface area contributed by atoms with Crippen LogP contribution < -0.4 is 0 Å². The summed E-state index contributed by atoms with van der Waals surface area (Å²) in [5.74, 6) is 1.06. The molecule has 8 rings (SSSR count). The van der Waals surface area contributed by atoms with E-state index in [0.717, 1.165) is 22.5 Å². The van der Waals surface area contributed by atoms with Gasteiger partial charge < -0.3 is 0 Å². The van der Waals surface area contributed by atoms with E-state index in [4.69, 9.17) is 4.98 Å². The van der Waals surface area contributed by atoms with Crippen molar-refractivity contribution in [1.82, 2.24) is 9.55 Å². The van der Waals surface area contributed by atoms with E-state index in [9.17, 15) is 0 Å². The average Bonchev–Trinajstić information content (AvgIpc) is 3.48. The van der Waals surface area contributed by atoms with Crippen LogP contribution in [-0.4, -0.2) is 33.1 Å². The van der Waals surface area contributed by atoms with Gasteiger partial charge in [0.1, 0.15) is 0 Å². The van der Waals surface area contributed by atoms with Crippen molar-refractivity contribution in [2.75, 3.05) is 0 Å². The van der Waals surface area contributed by atoms with Crippen molar-refractivity contribution in [1.29, 1.82) is 0 Å². The molecule has 0 bridgehead atoms. The molecule has 0 radical (unpaired) electrons. The van der Waals surface area contributed by atoms with Crippen molar-refractivity contribution in [3.05, 3.63) is 157 Å². The molecule has 0 atom stereocenters. The summed E-state index contributed by atoms with van der Waals surface area (Å²) in [6, 6.07) is 54.8. The van der Waals surface area contributed by atoms with Crippen LogP contribution in [0.4, 0.5) is 0 Å². The van der Waals surface area contributed by atoms with Gasteiger partial charge in [-0.05, 0) is 85.3 Å². The second-order valence-corrected chi connectivity index (χ2v) is 12.8. The van der Waals surface area contributed by atoms with Crippen LogP contribution in [0.25, 0.3) is 71.6 Å². The van der Waals surface area contributed by atoms with E-state index in [2.05, 4.69) is 180 Å². The van der Waals surface area contributed by atoms with Gasteiger partial charge in [-0.2, -0.15) is 0 Å². The molecule has 45 heavy (non-hydrogen) atoms. The predicted octanol–water partition coefficient (Wildman–Crippen LogP) is 7.34. The molecule has 1 heterocycles.